The van der Waals surface area contributed by atoms with Crippen molar-refractivity contribution >= 4 is 16.7 Å². The summed E-state index contributed by atoms with van der Waals surface area (Å²) in [6.07, 6.45) is 4.21. The predicted octanol–water partition coefficient (Wildman–Crippen LogP) is 2.78. The van der Waals surface area contributed by atoms with E-state index >= 15 is 0 Å². The van der Waals surface area contributed by atoms with Gasteiger partial charge >= 0.3 is 0 Å². The van der Waals surface area contributed by atoms with Crippen molar-refractivity contribution in [2.45, 2.75) is 19.4 Å². The molecule has 0 amide bonds. The first-order valence-corrected chi connectivity index (χ1v) is 5.48. The number of hydrogen-bond donors (Lipinski definition) is 2. The highest BCUT2D eigenvalue weighted by molar-refractivity contribution is 5.84. The van der Waals surface area contributed by atoms with Gasteiger partial charge in [-0.3, -0.25) is 5.01 Å². The van der Waals surface area contributed by atoms with Crippen LogP contribution in [0.25, 0.3) is 10.9 Å². The Morgan fingerprint density at radius 3 is 2.69 bits per heavy atom. The molecule has 1 aliphatic rings. The Bertz CT molecular complexity index is 518. The number of aromatic nitrogens is 1. The summed E-state index contributed by atoms with van der Waals surface area (Å²) in [5.41, 5.74) is 4.59. The first kappa shape index (κ1) is 9.48. The average molecular weight is 213 g/mol. The van der Waals surface area contributed by atoms with E-state index in [9.17, 15) is 0 Å². The van der Waals surface area contributed by atoms with Gasteiger partial charge in [0.05, 0.1) is 5.54 Å². The Hall–Kier alpha value is -1.74. The van der Waals surface area contributed by atoms with Crippen molar-refractivity contribution in [3.8, 4) is 0 Å². The fourth-order valence-corrected chi connectivity index (χ4v) is 1.97. The highest BCUT2D eigenvalue weighted by Crippen LogP contribution is 2.24. The molecule has 3 heteroatoms. The van der Waals surface area contributed by atoms with E-state index in [2.05, 4.69) is 60.8 Å². The van der Waals surface area contributed by atoms with Gasteiger partial charge in [0.1, 0.15) is 5.82 Å². The maximum absolute atomic E-state index is 3.40. The Kier molecular flexibility index (Phi) is 1.85. The minimum absolute atomic E-state index is 0.0251. The molecule has 0 aliphatic carbocycles. The largest absolute Gasteiger partial charge is 0.340 e. The number of hydrazine groups is 1. The highest BCUT2D eigenvalue weighted by atomic mass is 15.6. The quantitative estimate of drug-likeness (QED) is 0.763. The molecule has 1 aromatic heterocycles. The molecular weight excluding hydrogens is 198 g/mol. The third-order valence-electron chi connectivity index (χ3n) is 2.82. The fraction of sp³-hybridized carbons (Fsp3) is 0.231. The van der Waals surface area contributed by atoms with E-state index in [0.29, 0.717) is 0 Å². The SMILES string of the molecule is CC1(C)C=CN(c2cc3ccccc3[nH]2)N1. The topological polar surface area (TPSA) is 31.1 Å². The maximum Gasteiger partial charge on any atom is 0.125 e. The Balaban J connectivity index is 1.99. The lowest BCUT2D eigenvalue weighted by Gasteiger charge is -2.22. The second-order valence-electron chi connectivity index (χ2n) is 4.76. The van der Waals surface area contributed by atoms with Gasteiger partial charge in [-0.05, 0) is 32.1 Å². The van der Waals surface area contributed by atoms with Gasteiger partial charge in [0.2, 0.25) is 0 Å². The Labute approximate surface area is 94.7 Å². The van der Waals surface area contributed by atoms with Crippen LogP contribution in [0.1, 0.15) is 13.8 Å². The van der Waals surface area contributed by atoms with E-state index in [1.165, 1.54) is 5.39 Å². The standard InChI is InChI=1S/C13H15N3/c1-13(2)7-8-16(15-13)12-9-10-5-3-4-6-11(10)14-12/h3-9,14-15H,1-2H3. The summed E-state index contributed by atoms with van der Waals surface area (Å²) >= 11 is 0. The van der Waals surface area contributed by atoms with Gasteiger partial charge < -0.3 is 4.98 Å². The molecule has 3 nitrogen and oxygen atoms in total. The molecule has 0 saturated carbocycles. The number of aromatic amines is 1. The van der Waals surface area contributed by atoms with Gasteiger partial charge in [0.15, 0.2) is 0 Å². The maximum atomic E-state index is 3.40. The predicted molar refractivity (Wildman–Crippen MR) is 67.1 cm³/mol. The summed E-state index contributed by atoms with van der Waals surface area (Å²) in [4.78, 5) is 3.39. The summed E-state index contributed by atoms with van der Waals surface area (Å²) in [5, 5.41) is 3.26. The van der Waals surface area contributed by atoms with Crippen LogP contribution < -0.4 is 10.4 Å². The molecule has 1 aliphatic heterocycles. The molecule has 3 rings (SSSR count). The number of para-hydroxylation sites is 1. The molecular formula is C13H15N3. The molecule has 0 atom stereocenters. The molecule has 16 heavy (non-hydrogen) atoms. The molecule has 0 fully saturated rings. The van der Waals surface area contributed by atoms with Crippen LogP contribution >= 0.6 is 0 Å². The monoisotopic (exact) mass is 213 g/mol. The minimum Gasteiger partial charge on any atom is -0.340 e. The zero-order valence-electron chi connectivity index (χ0n) is 9.49. The molecule has 2 N–H and O–H groups in total. The zero-order valence-corrected chi connectivity index (χ0v) is 9.49. The smallest absolute Gasteiger partial charge is 0.125 e. The van der Waals surface area contributed by atoms with Crippen molar-refractivity contribution < 1.29 is 0 Å². The molecule has 0 spiro atoms. The summed E-state index contributed by atoms with van der Waals surface area (Å²) in [7, 11) is 0. The van der Waals surface area contributed by atoms with Crippen LogP contribution in [-0.4, -0.2) is 10.5 Å². The molecule has 2 aromatic rings. The Morgan fingerprint density at radius 1 is 1.19 bits per heavy atom. The number of fused-ring (bicyclic) bond motifs is 1. The summed E-state index contributed by atoms with van der Waals surface area (Å²) in [6.45, 7) is 4.29. The minimum atomic E-state index is 0.0251. The number of rotatable bonds is 1. The molecule has 0 radical (unpaired) electrons. The van der Waals surface area contributed by atoms with E-state index in [1.807, 2.05) is 11.1 Å². The van der Waals surface area contributed by atoms with Gasteiger partial charge in [0.25, 0.3) is 0 Å². The van der Waals surface area contributed by atoms with Crippen LogP contribution in [-0.2, 0) is 0 Å². The summed E-state index contributed by atoms with van der Waals surface area (Å²) in [5.74, 6) is 1.07. The van der Waals surface area contributed by atoms with Crippen molar-refractivity contribution in [3.63, 3.8) is 0 Å². The van der Waals surface area contributed by atoms with Crippen molar-refractivity contribution in [2.24, 2.45) is 0 Å². The fourth-order valence-electron chi connectivity index (χ4n) is 1.97. The lowest BCUT2D eigenvalue weighted by molar-refractivity contribution is 0.510. The molecule has 0 unspecified atom stereocenters. The summed E-state index contributed by atoms with van der Waals surface area (Å²) in [6, 6.07) is 10.4. The number of nitrogens with one attached hydrogen (secondary N) is 2. The van der Waals surface area contributed by atoms with Crippen LogP contribution in [0.5, 0.6) is 0 Å². The summed E-state index contributed by atoms with van der Waals surface area (Å²) < 4.78 is 0. The van der Waals surface area contributed by atoms with Gasteiger partial charge in [-0.15, -0.1) is 0 Å². The average Bonchev–Trinajstić information content (AvgIpc) is 2.80. The number of H-pyrrole nitrogens is 1. The van der Waals surface area contributed by atoms with Gasteiger partial charge in [-0.2, -0.15) is 0 Å². The number of nitrogens with zero attached hydrogens (tertiary/aromatic N) is 1. The lowest BCUT2D eigenvalue weighted by Crippen LogP contribution is -2.42. The van der Waals surface area contributed by atoms with E-state index in [4.69, 9.17) is 0 Å². The molecule has 0 bridgehead atoms. The normalized spacial score (nSPS) is 18.5. The lowest BCUT2D eigenvalue weighted by atomic mass is 10.1. The third kappa shape index (κ3) is 1.49. The van der Waals surface area contributed by atoms with Crippen LogP contribution in [0.4, 0.5) is 5.82 Å². The molecule has 0 saturated heterocycles. The second kappa shape index (κ2) is 3.12. The highest BCUT2D eigenvalue weighted by Gasteiger charge is 2.23. The van der Waals surface area contributed by atoms with Crippen molar-refractivity contribution in [1.29, 1.82) is 0 Å². The molecule has 2 heterocycles. The van der Waals surface area contributed by atoms with Crippen LogP contribution in [0.3, 0.4) is 0 Å². The molecule has 1 aromatic carbocycles. The second-order valence-corrected chi connectivity index (χ2v) is 4.76. The first-order valence-electron chi connectivity index (χ1n) is 5.48. The zero-order chi connectivity index (χ0) is 11.2. The van der Waals surface area contributed by atoms with Crippen LogP contribution in [0.2, 0.25) is 0 Å². The number of hydrogen-bond acceptors (Lipinski definition) is 2. The van der Waals surface area contributed by atoms with E-state index in [-0.39, 0.29) is 5.54 Å². The third-order valence-corrected chi connectivity index (χ3v) is 2.82. The number of anilines is 1. The van der Waals surface area contributed by atoms with Crippen molar-refractivity contribution in [3.05, 3.63) is 42.6 Å². The van der Waals surface area contributed by atoms with Crippen molar-refractivity contribution in [1.82, 2.24) is 10.4 Å². The Morgan fingerprint density at radius 2 is 2.00 bits per heavy atom. The van der Waals surface area contributed by atoms with Gasteiger partial charge in [-0.1, -0.05) is 18.2 Å². The van der Waals surface area contributed by atoms with Gasteiger partial charge in [0, 0.05) is 17.1 Å². The first-order chi connectivity index (χ1) is 7.64. The number of benzene rings is 1. The van der Waals surface area contributed by atoms with Crippen LogP contribution in [0, 0.1) is 0 Å². The van der Waals surface area contributed by atoms with E-state index < -0.39 is 0 Å². The van der Waals surface area contributed by atoms with Crippen LogP contribution in [0.15, 0.2) is 42.6 Å². The van der Waals surface area contributed by atoms with E-state index in [0.717, 1.165) is 11.3 Å². The van der Waals surface area contributed by atoms with Gasteiger partial charge in [-0.25, -0.2) is 5.43 Å². The molecule has 82 valence electrons. The van der Waals surface area contributed by atoms with E-state index in [1.54, 1.807) is 0 Å². The van der Waals surface area contributed by atoms with Crippen molar-refractivity contribution in [2.75, 3.05) is 5.01 Å².